The van der Waals surface area contributed by atoms with E-state index in [4.69, 9.17) is 10.5 Å². The van der Waals surface area contributed by atoms with Gasteiger partial charge in [0.15, 0.2) is 17.9 Å². The van der Waals surface area contributed by atoms with Crippen LogP contribution in [-0.2, 0) is 4.74 Å². The highest BCUT2D eigenvalue weighted by Crippen LogP contribution is 2.35. The summed E-state index contributed by atoms with van der Waals surface area (Å²) in [5.41, 5.74) is 4.25. The van der Waals surface area contributed by atoms with Crippen molar-refractivity contribution >= 4 is 17.8 Å². The molecule has 0 fully saturated rings. The first kappa shape index (κ1) is 18.8. The minimum Gasteiger partial charge on any atom is -0.437 e. The molecule has 6 nitrogen and oxygen atoms in total. The lowest BCUT2D eigenvalue weighted by atomic mass is 9.84. The van der Waals surface area contributed by atoms with Gasteiger partial charge >= 0.3 is 6.09 Å². The van der Waals surface area contributed by atoms with Crippen LogP contribution < -0.4 is 5.73 Å². The van der Waals surface area contributed by atoms with E-state index in [9.17, 15) is 18.0 Å². The maximum absolute atomic E-state index is 14.7. The van der Waals surface area contributed by atoms with Crippen LogP contribution in [0.5, 0.6) is 0 Å². The number of hydrogen-bond acceptors (Lipinski definition) is 4. The van der Waals surface area contributed by atoms with Crippen molar-refractivity contribution in [1.82, 2.24) is 14.6 Å². The van der Waals surface area contributed by atoms with Gasteiger partial charge < -0.3 is 10.5 Å². The van der Waals surface area contributed by atoms with Crippen LogP contribution >= 0.6 is 0 Å². The highest BCUT2D eigenvalue weighted by molar-refractivity contribution is 5.65. The Hall–Kier alpha value is -2.58. The monoisotopic (exact) mass is 356 g/mol. The number of rotatable bonds is 7. The number of halogens is 3. The highest BCUT2D eigenvalue weighted by Gasteiger charge is 2.43. The number of ether oxygens (including phenoxy) is 1. The van der Waals surface area contributed by atoms with E-state index in [0.29, 0.717) is 11.2 Å². The molecule has 0 aromatic carbocycles. The molecule has 2 aromatic heterocycles. The van der Waals surface area contributed by atoms with Gasteiger partial charge in [0.25, 0.3) is 0 Å². The first-order chi connectivity index (χ1) is 11.7. The Balaban J connectivity index is 2.43. The lowest BCUT2D eigenvalue weighted by Gasteiger charge is -2.30. The first-order valence-corrected chi connectivity index (χ1v) is 7.47. The molecule has 0 spiro atoms. The zero-order valence-corrected chi connectivity index (χ0v) is 13.8. The maximum Gasteiger partial charge on any atom is 0.405 e. The summed E-state index contributed by atoms with van der Waals surface area (Å²) in [6.45, 7) is 4.97. The zero-order valence-electron chi connectivity index (χ0n) is 13.8. The summed E-state index contributed by atoms with van der Waals surface area (Å²) >= 11 is 0. The molecule has 0 aliphatic heterocycles. The summed E-state index contributed by atoms with van der Waals surface area (Å²) in [4.78, 5) is 15.2. The molecular formula is C16H19F3N4O2. The van der Waals surface area contributed by atoms with Gasteiger partial charge in [-0.2, -0.15) is 5.10 Å². The quantitative estimate of drug-likeness (QED) is 0.826. The third-order valence-electron chi connectivity index (χ3n) is 3.79. The van der Waals surface area contributed by atoms with Gasteiger partial charge in [-0.15, -0.1) is 0 Å². The molecule has 0 saturated carbocycles. The van der Waals surface area contributed by atoms with Crippen LogP contribution in [0.4, 0.5) is 18.0 Å². The predicted molar refractivity (Wildman–Crippen MR) is 86.0 cm³/mol. The number of hydrogen-bond donors (Lipinski definition) is 1. The molecule has 9 heteroatoms. The van der Waals surface area contributed by atoms with Gasteiger partial charge in [-0.1, -0.05) is 26.5 Å². The van der Waals surface area contributed by atoms with Crippen molar-refractivity contribution in [2.45, 2.75) is 32.3 Å². The largest absolute Gasteiger partial charge is 0.437 e. The van der Waals surface area contributed by atoms with Crippen LogP contribution in [0.2, 0.25) is 0 Å². The summed E-state index contributed by atoms with van der Waals surface area (Å²) in [5, 5.41) is 4.04. The van der Waals surface area contributed by atoms with Crippen molar-refractivity contribution < 1.29 is 22.7 Å². The average Bonchev–Trinajstić information content (AvgIpc) is 3.00. The van der Waals surface area contributed by atoms with Crippen molar-refractivity contribution in [1.29, 1.82) is 0 Å². The number of imidazole rings is 1. The minimum absolute atomic E-state index is 0.0858. The van der Waals surface area contributed by atoms with Crippen molar-refractivity contribution in [3.8, 4) is 0 Å². The van der Waals surface area contributed by atoms with Gasteiger partial charge in [-0.05, 0) is 11.6 Å². The molecule has 2 aromatic rings. The van der Waals surface area contributed by atoms with E-state index in [1.165, 1.54) is 36.8 Å². The van der Waals surface area contributed by atoms with E-state index >= 15 is 0 Å². The Bertz CT molecular complexity index is 778. The Morgan fingerprint density at radius 1 is 1.52 bits per heavy atom. The van der Waals surface area contributed by atoms with Crippen molar-refractivity contribution in [2.75, 3.05) is 6.67 Å². The molecule has 3 unspecified atom stereocenters. The molecule has 2 rings (SSSR count). The molecule has 1 amide bonds. The summed E-state index contributed by atoms with van der Waals surface area (Å²) in [6.07, 6.45) is -3.31. The Morgan fingerprint density at radius 2 is 2.20 bits per heavy atom. The van der Waals surface area contributed by atoms with Crippen LogP contribution in [-0.4, -0.2) is 39.7 Å². The van der Waals surface area contributed by atoms with E-state index < -0.39 is 36.6 Å². The van der Waals surface area contributed by atoms with Gasteiger partial charge in [0, 0.05) is 5.41 Å². The number of amides is 1. The average molecular weight is 356 g/mol. The van der Waals surface area contributed by atoms with Gasteiger partial charge in [0.2, 0.25) is 0 Å². The SMILES string of the molecule is C=Cc1cnn2cc(C(OC(N)=O)C(F)C(F)C(C)(C)CF)nc2c1. The third kappa shape index (κ3) is 3.92. The molecule has 0 aliphatic rings. The molecule has 0 bridgehead atoms. The standard InChI is InChI=1S/C16H19F3N4O2/c1-4-9-5-11-22-10(7-23(11)21-6-9)13(25-15(20)24)12(18)14(19)16(2,3)8-17/h4-7,12-14H,1,8H2,2-3H3,(H2,20,24). The minimum atomic E-state index is -2.36. The number of aromatic nitrogens is 3. The van der Waals surface area contributed by atoms with E-state index in [2.05, 4.69) is 16.7 Å². The number of carbonyl (C=O) groups excluding carboxylic acids is 1. The third-order valence-corrected chi connectivity index (χ3v) is 3.79. The van der Waals surface area contributed by atoms with Gasteiger partial charge in [-0.3, -0.25) is 4.39 Å². The second kappa shape index (κ2) is 7.12. The van der Waals surface area contributed by atoms with E-state index in [-0.39, 0.29) is 5.69 Å². The zero-order chi connectivity index (χ0) is 18.8. The van der Waals surface area contributed by atoms with E-state index in [1.807, 2.05) is 0 Å². The fourth-order valence-corrected chi connectivity index (χ4v) is 2.23. The summed E-state index contributed by atoms with van der Waals surface area (Å²) < 4.78 is 48.1. The fraction of sp³-hybridized carbons (Fsp3) is 0.438. The van der Waals surface area contributed by atoms with Crippen molar-refractivity contribution in [3.63, 3.8) is 0 Å². The fourth-order valence-electron chi connectivity index (χ4n) is 2.23. The van der Waals surface area contributed by atoms with E-state index in [0.717, 1.165) is 0 Å². The second-order valence-electron chi connectivity index (χ2n) is 6.29. The number of primary amides is 1. The number of carbonyl (C=O) groups is 1. The molecule has 3 atom stereocenters. The van der Waals surface area contributed by atoms with Crippen LogP contribution in [0, 0.1) is 5.41 Å². The Labute approximate surface area is 142 Å². The lowest BCUT2D eigenvalue weighted by Crippen LogP contribution is -2.40. The summed E-state index contributed by atoms with van der Waals surface area (Å²) in [5.74, 6) is 0. The predicted octanol–water partition coefficient (Wildman–Crippen LogP) is 3.18. The number of nitrogens with zero attached hydrogens (tertiary/aromatic N) is 3. The topological polar surface area (TPSA) is 82.5 Å². The number of fused-ring (bicyclic) bond motifs is 1. The van der Waals surface area contributed by atoms with Gasteiger partial charge in [-0.25, -0.2) is 23.1 Å². The first-order valence-electron chi connectivity index (χ1n) is 7.47. The molecular weight excluding hydrogens is 337 g/mol. The molecule has 2 N–H and O–H groups in total. The molecule has 0 saturated heterocycles. The Morgan fingerprint density at radius 3 is 2.76 bits per heavy atom. The summed E-state index contributed by atoms with van der Waals surface area (Å²) in [7, 11) is 0. The normalized spacial score (nSPS) is 15.6. The van der Waals surface area contributed by atoms with Crippen molar-refractivity contribution in [2.24, 2.45) is 11.1 Å². The highest BCUT2D eigenvalue weighted by atomic mass is 19.2. The smallest absolute Gasteiger partial charge is 0.405 e. The molecule has 25 heavy (non-hydrogen) atoms. The number of nitrogens with two attached hydrogens (primary N) is 1. The lowest BCUT2D eigenvalue weighted by molar-refractivity contribution is -0.0353. The molecule has 136 valence electrons. The van der Waals surface area contributed by atoms with E-state index in [1.54, 1.807) is 6.07 Å². The van der Waals surface area contributed by atoms with Crippen LogP contribution in [0.1, 0.15) is 31.2 Å². The second-order valence-corrected chi connectivity index (χ2v) is 6.29. The van der Waals surface area contributed by atoms with Crippen LogP contribution in [0.25, 0.3) is 11.7 Å². The van der Waals surface area contributed by atoms with Crippen LogP contribution in [0.15, 0.2) is 25.0 Å². The van der Waals surface area contributed by atoms with Gasteiger partial charge in [0.1, 0.15) is 11.9 Å². The van der Waals surface area contributed by atoms with Crippen molar-refractivity contribution in [3.05, 3.63) is 36.3 Å². The molecule has 2 heterocycles. The summed E-state index contributed by atoms with van der Waals surface area (Å²) in [6, 6.07) is 1.61. The van der Waals surface area contributed by atoms with Gasteiger partial charge in [0.05, 0.1) is 19.1 Å². The van der Waals surface area contributed by atoms with Crippen LogP contribution in [0.3, 0.4) is 0 Å². The molecule has 0 aliphatic carbocycles. The Kier molecular flexibility index (Phi) is 5.34. The maximum atomic E-state index is 14.7. The number of alkyl halides is 3. The molecule has 0 radical (unpaired) electrons.